The summed E-state index contributed by atoms with van der Waals surface area (Å²) in [5.74, 6) is 0.847. The number of amides is 1. The van der Waals surface area contributed by atoms with E-state index < -0.39 is 6.10 Å². The second-order valence-electron chi connectivity index (χ2n) is 7.37. The molecule has 2 heterocycles. The van der Waals surface area contributed by atoms with Crippen LogP contribution in [0.15, 0.2) is 41.8 Å². The van der Waals surface area contributed by atoms with E-state index in [0.717, 1.165) is 42.0 Å². The van der Waals surface area contributed by atoms with Gasteiger partial charge in [0, 0.05) is 17.5 Å². The summed E-state index contributed by atoms with van der Waals surface area (Å²) in [7, 11) is 1.64. The molecule has 0 spiro atoms. The summed E-state index contributed by atoms with van der Waals surface area (Å²) in [6, 6.07) is 11.9. The molecule has 2 atom stereocenters. The van der Waals surface area contributed by atoms with Gasteiger partial charge in [-0.15, -0.1) is 11.3 Å². The fourth-order valence-electron chi connectivity index (χ4n) is 3.75. The molecule has 0 unspecified atom stereocenters. The molecule has 1 amide bonds. The molecular formula is C22H30N2O3S. The lowest BCUT2D eigenvalue weighted by Gasteiger charge is -2.30. The Morgan fingerprint density at radius 3 is 2.82 bits per heavy atom. The lowest BCUT2D eigenvalue weighted by atomic mass is 10.0. The maximum atomic E-state index is 12.5. The van der Waals surface area contributed by atoms with E-state index >= 15 is 0 Å². The summed E-state index contributed by atoms with van der Waals surface area (Å²) in [6.07, 6.45) is 4.73. The van der Waals surface area contributed by atoms with Crippen LogP contribution < -0.4 is 10.1 Å². The summed E-state index contributed by atoms with van der Waals surface area (Å²) < 4.78 is 5.16. The number of methoxy groups -OCH3 is 1. The van der Waals surface area contributed by atoms with Gasteiger partial charge in [0.15, 0.2) is 0 Å². The molecule has 1 aliphatic rings. The van der Waals surface area contributed by atoms with Crippen molar-refractivity contribution >= 4 is 17.2 Å². The number of thiophene rings is 1. The Balaban J connectivity index is 1.53. The molecular weight excluding hydrogens is 372 g/mol. The van der Waals surface area contributed by atoms with E-state index in [-0.39, 0.29) is 11.9 Å². The quantitative estimate of drug-likeness (QED) is 0.706. The Labute approximate surface area is 171 Å². The number of aliphatic hydroxyl groups excluding tert-OH is 1. The minimum absolute atomic E-state index is 0.0355. The molecule has 2 aromatic rings. The first-order valence-corrected chi connectivity index (χ1v) is 10.9. The molecule has 1 saturated heterocycles. The normalized spacial score (nSPS) is 19.0. The first kappa shape index (κ1) is 20.8. The number of nitrogens with zero attached hydrogens (tertiary/aromatic N) is 1. The zero-order valence-electron chi connectivity index (χ0n) is 16.5. The highest BCUT2D eigenvalue weighted by Gasteiger charge is 2.26. The van der Waals surface area contributed by atoms with Crippen molar-refractivity contribution in [3.63, 3.8) is 0 Å². The van der Waals surface area contributed by atoms with Gasteiger partial charge in [0.2, 0.25) is 5.91 Å². The number of rotatable bonds is 8. The van der Waals surface area contributed by atoms with Gasteiger partial charge < -0.3 is 15.2 Å². The van der Waals surface area contributed by atoms with Gasteiger partial charge in [0.1, 0.15) is 5.75 Å². The predicted octanol–water partition coefficient (Wildman–Crippen LogP) is 3.74. The van der Waals surface area contributed by atoms with Gasteiger partial charge in [-0.3, -0.25) is 9.69 Å². The van der Waals surface area contributed by atoms with E-state index in [1.807, 2.05) is 41.8 Å². The Bertz CT molecular complexity index is 718. The third-order valence-electron chi connectivity index (χ3n) is 5.36. The van der Waals surface area contributed by atoms with Crippen LogP contribution in [0.5, 0.6) is 5.75 Å². The predicted molar refractivity (Wildman–Crippen MR) is 113 cm³/mol. The van der Waals surface area contributed by atoms with Crippen molar-refractivity contribution in [2.45, 2.75) is 50.8 Å². The molecule has 1 aromatic carbocycles. The second kappa shape index (κ2) is 10.6. The topological polar surface area (TPSA) is 61.8 Å². The third-order valence-corrected chi connectivity index (χ3v) is 6.33. The first-order valence-electron chi connectivity index (χ1n) is 10.0. The highest BCUT2D eigenvalue weighted by molar-refractivity contribution is 7.10. The molecule has 0 radical (unpaired) electrons. The molecule has 152 valence electrons. The van der Waals surface area contributed by atoms with Crippen LogP contribution in [0.3, 0.4) is 0 Å². The molecule has 3 rings (SSSR count). The molecule has 1 aliphatic heterocycles. The highest BCUT2D eigenvalue weighted by atomic mass is 32.1. The van der Waals surface area contributed by atoms with Crippen LogP contribution in [0.1, 0.15) is 48.6 Å². The SMILES string of the molecule is COc1ccc(CNC(=O)CN2CCCCC[C@@H]2C[C@H](O)c2cccs2)cc1. The monoisotopic (exact) mass is 402 g/mol. The van der Waals surface area contributed by atoms with Gasteiger partial charge in [-0.2, -0.15) is 0 Å². The van der Waals surface area contributed by atoms with Gasteiger partial charge >= 0.3 is 0 Å². The van der Waals surface area contributed by atoms with Crippen LogP contribution >= 0.6 is 11.3 Å². The zero-order valence-corrected chi connectivity index (χ0v) is 17.3. The number of likely N-dealkylation sites (tertiary alicyclic amines) is 1. The number of nitrogens with one attached hydrogen (secondary N) is 1. The van der Waals surface area contributed by atoms with Crippen LogP contribution in [-0.4, -0.2) is 42.2 Å². The molecule has 0 aliphatic carbocycles. The molecule has 2 N–H and O–H groups in total. The molecule has 1 aromatic heterocycles. The third kappa shape index (κ3) is 6.06. The number of aliphatic hydroxyl groups is 1. The molecule has 0 bridgehead atoms. The summed E-state index contributed by atoms with van der Waals surface area (Å²) >= 11 is 1.59. The summed E-state index contributed by atoms with van der Waals surface area (Å²) in [6.45, 7) is 1.81. The van der Waals surface area contributed by atoms with Crippen molar-refractivity contribution < 1.29 is 14.6 Å². The van der Waals surface area contributed by atoms with Gasteiger partial charge in [-0.1, -0.05) is 31.0 Å². The fourth-order valence-corrected chi connectivity index (χ4v) is 4.48. The Kier molecular flexibility index (Phi) is 7.89. The molecule has 1 fully saturated rings. The fraction of sp³-hybridized carbons (Fsp3) is 0.500. The van der Waals surface area contributed by atoms with E-state index in [9.17, 15) is 9.90 Å². The average molecular weight is 403 g/mol. The number of hydrogen-bond donors (Lipinski definition) is 2. The average Bonchev–Trinajstić information content (AvgIpc) is 3.17. The number of carbonyl (C=O) groups excluding carboxylic acids is 1. The van der Waals surface area contributed by atoms with Crippen molar-refractivity contribution in [2.24, 2.45) is 0 Å². The summed E-state index contributed by atoms with van der Waals surface area (Å²) in [5, 5.41) is 15.6. The van der Waals surface area contributed by atoms with Crippen molar-refractivity contribution in [1.29, 1.82) is 0 Å². The van der Waals surface area contributed by atoms with Crippen LogP contribution in [0.25, 0.3) is 0 Å². The van der Waals surface area contributed by atoms with Gasteiger partial charge in [0.25, 0.3) is 0 Å². The van der Waals surface area contributed by atoms with Gasteiger partial charge in [-0.25, -0.2) is 0 Å². The molecule has 5 nitrogen and oxygen atoms in total. The van der Waals surface area contributed by atoms with E-state index in [2.05, 4.69) is 10.2 Å². The number of benzene rings is 1. The molecule has 28 heavy (non-hydrogen) atoms. The maximum Gasteiger partial charge on any atom is 0.234 e. The van der Waals surface area contributed by atoms with Crippen molar-refractivity contribution in [1.82, 2.24) is 10.2 Å². The second-order valence-corrected chi connectivity index (χ2v) is 8.34. The minimum Gasteiger partial charge on any atom is -0.497 e. The molecule has 0 saturated carbocycles. The smallest absolute Gasteiger partial charge is 0.234 e. The van der Waals surface area contributed by atoms with Crippen LogP contribution in [0.2, 0.25) is 0 Å². The maximum absolute atomic E-state index is 12.5. The highest BCUT2D eigenvalue weighted by Crippen LogP contribution is 2.28. The van der Waals surface area contributed by atoms with E-state index in [0.29, 0.717) is 19.5 Å². The summed E-state index contributed by atoms with van der Waals surface area (Å²) in [5.41, 5.74) is 1.05. The number of ether oxygens (including phenoxy) is 1. The van der Waals surface area contributed by atoms with E-state index in [1.54, 1.807) is 18.4 Å². The van der Waals surface area contributed by atoms with Crippen LogP contribution in [0, 0.1) is 0 Å². The van der Waals surface area contributed by atoms with Crippen molar-refractivity contribution in [3.8, 4) is 5.75 Å². The largest absolute Gasteiger partial charge is 0.497 e. The standard InChI is InChI=1S/C22H30N2O3S/c1-27-19-10-8-17(9-11-19)15-23-22(26)16-24-12-4-2-3-6-18(24)14-20(25)21-7-5-13-28-21/h5,7-11,13,18,20,25H,2-4,6,12,14-16H2,1H3,(H,23,26)/t18-,20+/m1/s1. The van der Waals surface area contributed by atoms with Gasteiger partial charge in [0.05, 0.1) is 19.8 Å². The molecule has 6 heteroatoms. The van der Waals surface area contributed by atoms with Crippen LogP contribution in [-0.2, 0) is 11.3 Å². The Hall–Kier alpha value is -1.89. The van der Waals surface area contributed by atoms with Crippen LogP contribution in [0.4, 0.5) is 0 Å². The first-order chi connectivity index (χ1) is 13.7. The van der Waals surface area contributed by atoms with E-state index in [4.69, 9.17) is 4.74 Å². The van der Waals surface area contributed by atoms with Crippen molar-refractivity contribution in [2.75, 3.05) is 20.2 Å². The van der Waals surface area contributed by atoms with Gasteiger partial charge in [-0.05, 0) is 54.9 Å². The Morgan fingerprint density at radius 1 is 1.29 bits per heavy atom. The lowest BCUT2D eigenvalue weighted by Crippen LogP contribution is -2.43. The summed E-state index contributed by atoms with van der Waals surface area (Å²) in [4.78, 5) is 15.8. The zero-order chi connectivity index (χ0) is 19.8. The number of hydrogen-bond acceptors (Lipinski definition) is 5. The van der Waals surface area contributed by atoms with E-state index in [1.165, 1.54) is 6.42 Å². The number of carbonyl (C=O) groups is 1. The Morgan fingerprint density at radius 2 is 2.11 bits per heavy atom. The lowest BCUT2D eigenvalue weighted by molar-refractivity contribution is -0.123. The van der Waals surface area contributed by atoms with Crippen molar-refractivity contribution in [3.05, 3.63) is 52.2 Å². The minimum atomic E-state index is -0.451.